The largest absolute Gasteiger partial charge is 0.393 e. The second kappa shape index (κ2) is 5.51. The van der Waals surface area contributed by atoms with E-state index in [2.05, 4.69) is 4.74 Å². The number of carbonyl (C=O) groups excluding carboxylic acids is 2. The molecule has 0 atom stereocenters. The van der Waals surface area contributed by atoms with Crippen molar-refractivity contribution in [2.45, 2.75) is 13.3 Å². The fourth-order valence-corrected chi connectivity index (χ4v) is 1.10. The number of ether oxygens (including phenoxy) is 1. The number of benzene rings is 1. The molecule has 0 spiro atoms. The predicted octanol–water partition coefficient (Wildman–Crippen LogP) is 2.18. The quantitative estimate of drug-likeness (QED) is 0.585. The van der Waals surface area contributed by atoms with E-state index in [9.17, 15) is 9.59 Å². The van der Waals surface area contributed by atoms with E-state index in [1.807, 2.05) is 0 Å². The summed E-state index contributed by atoms with van der Waals surface area (Å²) in [6.07, 6.45) is 1.26. The molecule has 0 aliphatic heterocycles. The van der Waals surface area contributed by atoms with Gasteiger partial charge in [0, 0.05) is 5.02 Å². The van der Waals surface area contributed by atoms with Gasteiger partial charge in [-0.05, 0) is 17.7 Å². The molecule has 0 saturated heterocycles. The minimum absolute atomic E-state index is 0.0662. The van der Waals surface area contributed by atoms with Gasteiger partial charge in [0.2, 0.25) is 0 Å². The maximum Gasteiger partial charge on any atom is 0.317 e. The molecule has 1 radical (unpaired) electrons. The lowest BCUT2D eigenvalue weighted by Gasteiger charge is -2.01. The Morgan fingerprint density at radius 1 is 1.33 bits per heavy atom. The third-order valence-corrected chi connectivity index (χ3v) is 1.96. The molecular formula is C11H10ClO3. The summed E-state index contributed by atoms with van der Waals surface area (Å²) in [6, 6.07) is 6.78. The smallest absolute Gasteiger partial charge is 0.317 e. The Morgan fingerprint density at radius 3 is 2.47 bits per heavy atom. The average molecular weight is 226 g/mol. The monoisotopic (exact) mass is 225 g/mol. The summed E-state index contributed by atoms with van der Waals surface area (Å²) >= 11 is 5.68. The van der Waals surface area contributed by atoms with Crippen LogP contribution in [0.3, 0.4) is 0 Å². The van der Waals surface area contributed by atoms with Crippen LogP contribution < -0.4 is 0 Å². The highest BCUT2D eigenvalue weighted by Gasteiger charge is 2.09. The predicted molar refractivity (Wildman–Crippen MR) is 56.2 cm³/mol. The number of carbonyl (C=O) groups is 2. The minimum Gasteiger partial charge on any atom is -0.393 e. The molecule has 0 unspecified atom stereocenters. The number of hydrogen-bond donors (Lipinski definition) is 0. The summed E-state index contributed by atoms with van der Waals surface area (Å²) in [4.78, 5) is 21.9. The zero-order valence-corrected chi connectivity index (χ0v) is 8.95. The second-order valence-corrected chi connectivity index (χ2v) is 3.32. The van der Waals surface area contributed by atoms with Gasteiger partial charge in [-0.1, -0.05) is 30.7 Å². The molecule has 15 heavy (non-hydrogen) atoms. The normalized spacial score (nSPS) is 9.73. The van der Waals surface area contributed by atoms with Gasteiger partial charge < -0.3 is 4.74 Å². The Balaban J connectivity index is 2.51. The fourth-order valence-electron chi connectivity index (χ4n) is 0.976. The zero-order chi connectivity index (χ0) is 11.3. The van der Waals surface area contributed by atoms with E-state index in [1.165, 1.54) is 13.3 Å². The maximum absolute atomic E-state index is 11.2. The van der Waals surface area contributed by atoms with E-state index in [0.717, 1.165) is 5.56 Å². The summed E-state index contributed by atoms with van der Waals surface area (Å²) in [5.74, 6) is -1.20. The van der Waals surface area contributed by atoms with Crippen molar-refractivity contribution < 1.29 is 14.3 Å². The first-order valence-electron chi connectivity index (χ1n) is 4.40. The molecule has 0 saturated carbocycles. The first-order chi connectivity index (χ1) is 7.11. The van der Waals surface area contributed by atoms with E-state index in [0.29, 0.717) is 5.02 Å². The highest BCUT2D eigenvalue weighted by atomic mass is 35.5. The van der Waals surface area contributed by atoms with E-state index in [4.69, 9.17) is 11.6 Å². The van der Waals surface area contributed by atoms with Gasteiger partial charge in [0.15, 0.2) is 0 Å². The van der Waals surface area contributed by atoms with E-state index in [1.54, 1.807) is 24.3 Å². The van der Waals surface area contributed by atoms with Crippen LogP contribution in [0.5, 0.6) is 0 Å². The van der Waals surface area contributed by atoms with Crippen LogP contribution in [0.1, 0.15) is 12.5 Å². The van der Waals surface area contributed by atoms with Crippen molar-refractivity contribution in [2.75, 3.05) is 0 Å². The molecule has 0 amide bonds. The average Bonchev–Trinajstić information content (AvgIpc) is 2.21. The molecule has 0 heterocycles. The molecule has 0 aliphatic carbocycles. The van der Waals surface area contributed by atoms with Crippen LogP contribution >= 0.6 is 11.6 Å². The summed E-state index contributed by atoms with van der Waals surface area (Å²) in [5, 5.41) is 0.602. The van der Waals surface area contributed by atoms with Crippen LogP contribution in [-0.2, 0) is 20.7 Å². The zero-order valence-electron chi connectivity index (χ0n) is 8.20. The lowest BCUT2D eigenvalue weighted by Crippen LogP contribution is -2.13. The summed E-state index contributed by atoms with van der Waals surface area (Å²) in [7, 11) is 0. The molecule has 1 rings (SSSR count). The first-order valence-corrected chi connectivity index (χ1v) is 4.78. The number of halogens is 1. The van der Waals surface area contributed by atoms with Gasteiger partial charge in [-0.2, -0.15) is 0 Å². The molecule has 0 bridgehead atoms. The Kier molecular flexibility index (Phi) is 4.31. The topological polar surface area (TPSA) is 43.4 Å². The van der Waals surface area contributed by atoms with Gasteiger partial charge in [0.1, 0.15) is 0 Å². The van der Waals surface area contributed by atoms with E-state index in [-0.39, 0.29) is 6.42 Å². The van der Waals surface area contributed by atoms with Crippen LogP contribution in [0.25, 0.3) is 0 Å². The Labute approximate surface area is 93.0 Å². The summed E-state index contributed by atoms with van der Waals surface area (Å²) < 4.78 is 4.47. The van der Waals surface area contributed by atoms with Gasteiger partial charge in [-0.3, -0.25) is 9.59 Å². The molecule has 4 heteroatoms. The van der Waals surface area contributed by atoms with Crippen LogP contribution in [0.4, 0.5) is 0 Å². The summed E-state index contributed by atoms with van der Waals surface area (Å²) in [5.41, 5.74) is 0.758. The standard InChI is InChI=1S/C11H10ClO3/c1-2-10(13)15-11(14)7-8-3-5-9(12)6-4-8/h2-6H,7H2,1H3. The van der Waals surface area contributed by atoms with Crippen LogP contribution in [0, 0.1) is 6.42 Å². The van der Waals surface area contributed by atoms with Gasteiger partial charge in [0.05, 0.1) is 12.8 Å². The SMILES string of the molecule is C[CH]C(=O)OC(=O)Cc1ccc(Cl)cc1. The second-order valence-electron chi connectivity index (χ2n) is 2.89. The Morgan fingerprint density at radius 2 is 1.93 bits per heavy atom. The Hall–Kier alpha value is -1.35. The van der Waals surface area contributed by atoms with Crippen molar-refractivity contribution in [3.63, 3.8) is 0 Å². The number of rotatable bonds is 3. The molecule has 0 N–H and O–H groups in total. The molecule has 79 valence electrons. The van der Waals surface area contributed by atoms with Gasteiger partial charge in [-0.15, -0.1) is 0 Å². The molecular weight excluding hydrogens is 216 g/mol. The molecule has 0 aliphatic rings. The van der Waals surface area contributed by atoms with Crippen molar-refractivity contribution in [3.8, 4) is 0 Å². The molecule has 0 aromatic heterocycles. The van der Waals surface area contributed by atoms with Crippen LogP contribution in [0.15, 0.2) is 24.3 Å². The lowest BCUT2D eigenvalue weighted by atomic mass is 10.1. The highest BCUT2D eigenvalue weighted by molar-refractivity contribution is 6.30. The number of hydrogen-bond acceptors (Lipinski definition) is 3. The Bertz CT molecular complexity index is 357. The lowest BCUT2D eigenvalue weighted by molar-refractivity contribution is -0.156. The molecule has 1 aromatic rings. The third-order valence-electron chi connectivity index (χ3n) is 1.71. The summed E-state index contributed by atoms with van der Waals surface area (Å²) in [6.45, 7) is 1.51. The van der Waals surface area contributed by atoms with E-state index < -0.39 is 11.9 Å². The molecule has 0 fully saturated rings. The fraction of sp³-hybridized carbons (Fsp3) is 0.182. The first kappa shape index (κ1) is 11.7. The maximum atomic E-state index is 11.2. The van der Waals surface area contributed by atoms with E-state index >= 15 is 0 Å². The molecule has 1 aromatic carbocycles. The van der Waals surface area contributed by atoms with Crippen molar-refractivity contribution in [2.24, 2.45) is 0 Å². The number of esters is 2. The minimum atomic E-state index is -0.631. The van der Waals surface area contributed by atoms with Gasteiger partial charge in [0.25, 0.3) is 0 Å². The molecule has 3 nitrogen and oxygen atoms in total. The highest BCUT2D eigenvalue weighted by Crippen LogP contribution is 2.10. The van der Waals surface area contributed by atoms with Crippen molar-refractivity contribution in [1.82, 2.24) is 0 Å². The van der Waals surface area contributed by atoms with Crippen molar-refractivity contribution in [3.05, 3.63) is 41.3 Å². The van der Waals surface area contributed by atoms with Gasteiger partial charge >= 0.3 is 11.9 Å². The van der Waals surface area contributed by atoms with Crippen LogP contribution in [-0.4, -0.2) is 11.9 Å². The van der Waals surface area contributed by atoms with Crippen molar-refractivity contribution in [1.29, 1.82) is 0 Å². The van der Waals surface area contributed by atoms with Crippen LogP contribution in [0.2, 0.25) is 5.02 Å². The van der Waals surface area contributed by atoms with Crippen molar-refractivity contribution >= 4 is 23.5 Å². The van der Waals surface area contributed by atoms with Gasteiger partial charge in [-0.25, -0.2) is 0 Å². The third kappa shape index (κ3) is 4.13.